The fourth-order valence-electron chi connectivity index (χ4n) is 3.20. The van der Waals surface area contributed by atoms with Crippen molar-refractivity contribution in [1.82, 2.24) is 0 Å². The largest absolute Gasteiger partial charge is 0.303 e. The van der Waals surface area contributed by atoms with E-state index in [-0.39, 0.29) is 0 Å². The minimum atomic E-state index is 0.704. The van der Waals surface area contributed by atoms with Gasteiger partial charge in [0.2, 0.25) is 0 Å². The summed E-state index contributed by atoms with van der Waals surface area (Å²) in [4.78, 5) is 10.3. The normalized spacial score (nSPS) is 10.8. The average molecular weight is 343 g/mol. The van der Waals surface area contributed by atoms with Gasteiger partial charge in [0.05, 0.1) is 0 Å². The van der Waals surface area contributed by atoms with Crippen LogP contribution in [-0.4, -0.2) is 6.29 Å². The first-order chi connectivity index (χ1) is 11.6. The topological polar surface area (TPSA) is 17.1 Å². The van der Waals surface area contributed by atoms with Crippen molar-refractivity contribution in [1.29, 1.82) is 0 Å². The zero-order valence-electron chi connectivity index (χ0n) is 14.8. The summed E-state index contributed by atoms with van der Waals surface area (Å²) in [5.41, 5.74) is 6.64. The van der Waals surface area contributed by atoms with Crippen molar-refractivity contribution in [3.8, 4) is 11.1 Å². The van der Waals surface area contributed by atoms with E-state index < -0.39 is 0 Å². The van der Waals surface area contributed by atoms with Crippen molar-refractivity contribution in [2.45, 2.75) is 58.8 Å². The van der Waals surface area contributed by atoms with Gasteiger partial charge in [0.15, 0.2) is 0 Å². The lowest BCUT2D eigenvalue weighted by atomic mass is 9.89. The molecule has 0 saturated heterocycles. The van der Waals surface area contributed by atoms with E-state index >= 15 is 0 Å². The van der Waals surface area contributed by atoms with E-state index in [2.05, 4.69) is 38.1 Å². The molecule has 0 unspecified atom stereocenters. The molecule has 0 atom stereocenters. The van der Waals surface area contributed by atoms with Crippen LogP contribution in [-0.2, 0) is 11.2 Å². The highest BCUT2D eigenvalue weighted by Gasteiger charge is 2.10. The van der Waals surface area contributed by atoms with Crippen LogP contribution < -0.4 is 0 Å². The Morgan fingerprint density at radius 3 is 2.46 bits per heavy atom. The molecule has 0 aromatic heterocycles. The second-order valence-electron chi connectivity index (χ2n) is 6.53. The molecule has 0 aliphatic carbocycles. The van der Waals surface area contributed by atoms with Crippen molar-refractivity contribution in [2.24, 2.45) is 0 Å². The van der Waals surface area contributed by atoms with E-state index in [4.69, 9.17) is 11.6 Å². The number of aldehydes is 1. The van der Waals surface area contributed by atoms with Gasteiger partial charge in [-0.2, -0.15) is 0 Å². The Bertz CT molecular complexity index is 676. The molecule has 1 nitrogen and oxygen atoms in total. The van der Waals surface area contributed by atoms with Gasteiger partial charge < -0.3 is 4.79 Å². The highest BCUT2D eigenvalue weighted by Crippen LogP contribution is 2.32. The van der Waals surface area contributed by atoms with Crippen LogP contribution in [0.25, 0.3) is 11.1 Å². The number of halogens is 1. The Kier molecular flexibility index (Phi) is 7.52. The van der Waals surface area contributed by atoms with Gasteiger partial charge in [-0.1, -0.05) is 55.1 Å². The molecule has 0 bridgehead atoms. The molecule has 2 heteroatoms. The highest BCUT2D eigenvalue weighted by molar-refractivity contribution is 6.30. The Balaban J connectivity index is 2.07. The van der Waals surface area contributed by atoms with Crippen LogP contribution in [0.15, 0.2) is 36.4 Å². The lowest BCUT2D eigenvalue weighted by Gasteiger charge is -2.16. The zero-order chi connectivity index (χ0) is 17.4. The number of unbranched alkanes of at least 4 members (excludes halogenated alkanes) is 5. The third-order valence-corrected chi connectivity index (χ3v) is 4.94. The van der Waals surface area contributed by atoms with Crippen molar-refractivity contribution in [3.63, 3.8) is 0 Å². The molecule has 2 aromatic rings. The highest BCUT2D eigenvalue weighted by atomic mass is 35.5. The predicted molar refractivity (Wildman–Crippen MR) is 104 cm³/mol. The summed E-state index contributed by atoms with van der Waals surface area (Å²) < 4.78 is 0. The van der Waals surface area contributed by atoms with Gasteiger partial charge in [-0.3, -0.25) is 0 Å². The summed E-state index contributed by atoms with van der Waals surface area (Å²) in [5, 5.41) is 0.787. The number of benzene rings is 2. The second kappa shape index (κ2) is 9.64. The molecule has 0 spiro atoms. The van der Waals surface area contributed by atoms with Crippen LogP contribution in [0.5, 0.6) is 0 Å². The minimum absolute atomic E-state index is 0.704. The lowest BCUT2D eigenvalue weighted by Crippen LogP contribution is -1.96. The molecule has 0 amide bonds. The van der Waals surface area contributed by atoms with Crippen molar-refractivity contribution in [3.05, 3.63) is 58.1 Å². The van der Waals surface area contributed by atoms with E-state index in [1.807, 2.05) is 12.1 Å². The number of hydrogen-bond donors (Lipinski definition) is 0. The van der Waals surface area contributed by atoms with Crippen molar-refractivity contribution < 1.29 is 4.79 Å². The maximum Gasteiger partial charge on any atom is 0.119 e. The molecule has 0 fully saturated rings. The van der Waals surface area contributed by atoms with Crippen molar-refractivity contribution in [2.75, 3.05) is 0 Å². The lowest BCUT2D eigenvalue weighted by molar-refractivity contribution is -0.107. The summed E-state index contributed by atoms with van der Waals surface area (Å²) in [7, 11) is 0. The Labute approximate surface area is 151 Å². The average Bonchev–Trinajstić information content (AvgIpc) is 2.57. The molecule has 0 N–H and O–H groups in total. The van der Waals surface area contributed by atoms with Gasteiger partial charge in [0.25, 0.3) is 0 Å². The third-order valence-electron chi connectivity index (χ3n) is 4.70. The number of carbonyl (C=O) groups excluding carboxylic acids is 1. The summed E-state index contributed by atoms with van der Waals surface area (Å²) in [6.45, 7) is 4.37. The van der Waals surface area contributed by atoms with Gasteiger partial charge >= 0.3 is 0 Å². The maximum absolute atomic E-state index is 10.3. The Morgan fingerprint density at radius 1 is 0.958 bits per heavy atom. The number of aryl methyl sites for hydroxylation is 2. The van der Waals surface area contributed by atoms with E-state index in [0.29, 0.717) is 6.42 Å². The monoisotopic (exact) mass is 342 g/mol. The number of hydrogen-bond acceptors (Lipinski definition) is 1. The molecule has 128 valence electrons. The Hall–Kier alpha value is -1.60. The summed E-state index contributed by atoms with van der Waals surface area (Å²) in [6, 6.07) is 12.7. The van der Waals surface area contributed by atoms with Crippen LogP contribution in [0.1, 0.15) is 55.2 Å². The maximum atomic E-state index is 10.3. The second-order valence-corrected chi connectivity index (χ2v) is 6.96. The molecular formula is C22H27ClO. The first-order valence-electron chi connectivity index (χ1n) is 8.92. The molecule has 24 heavy (non-hydrogen) atoms. The standard InChI is InChI=1S/C22H27ClO/c1-17-13-14-19(10-7-5-3-4-6-8-15-24)22(18(17)2)20-11-9-12-21(23)16-20/h9,11-16H,3-8,10H2,1-2H3. The predicted octanol–water partition coefficient (Wildman–Crippen LogP) is 6.71. The third kappa shape index (κ3) is 5.21. The van der Waals surface area contributed by atoms with Crippen LogP contribution in [0, 0.1) is 13.8 Å². The molecule has 2 rings (SSSR count). The van der Waals surface area contributed by atoms with E-state index in [1.54, 1.807) is 0 Å². The van der Waals surface area contributed by atoms with Gasteiger partial charge in [-0.25, -0.2) is 0 Å². The Morgan fingerprint density at radius 2 is 1.71 bits per heavy atom. The zero-order valence-corrected chi connectivity index (χ0v) is 15.5. The summed E-state index contributed by atoms with van der Waals surface area (Å²) in [6.07, 6.45) is 8.63. The molecule has 2 aromatic carbocycles. The SMILES string of the molecule is Cc1ccc(CCCCCCCC=O)c(-c2cccc(Cl)c2)c1C. The quantitative estimate of drug-likeness (QED) is 0.365. The molecular weight excluding hydrogens is 316 g/mol. The van der Waals surface area contributed by atoms with Crippen molar-refractivity contribution >= 4 is 17.9 Å². The van der Waals surface area contributed by atoms with Gasteiger partial charge in [-0.15, -0.1) is 0 Å². The summed E-state index contributed by atoms with van der Waals surface area (Å²) >= 11 is 6.20. The first-order valence-corrected chi connectivity index (χ1v) is 9.30. The van der Waals surface area contributed by atoms with Crippen LogP contribution >= 0.6 is 11.6 Å². The van der Waals surface area contributed by atoms with Gasteiger partial charge in [-0.05, 0) is 73.1 Å². The van der Waals surface area contributed by atoms with Gasteiger partial charge in [0.1, 0.15) is 6.29 Å². The van der Waals surface area contributed by atoms with E-state index in [0.717, 1.165) is 30.6 Å². The fourth-order valence-corrected chi connectivity index (χ4v) is 3.39. The molecule has 0 radical (unpaired) electrons. The van der Waals surface area contributed by atoms with E-state index in [9.17, 15) is 4.79 Å². The molecule has 0 aliphatic heterocycles. The number of rotatable bonds is 9. The smallest absolute Gasteiger partial charge is 0.119 e. The van der Waals surface area contributed by atoms with E-state index in [1.165, 1.54) is 47.1 Å². The first kappa shape index (κ1) is 18.7. The fraction of sp³-hybridized carbons (Fsp3) is 0.409. The minimum Gasteiger partial charge on any atom is -0.303 e. The van der Waals surface area contributed by atoms with Crippen LogP contribution in [0.2, 0.25) is 5.02 Å². The van der Waals surface area contributed by atoms with Gasteiger partial charge in [0, 0.05) is 11.4 Å². The number of carbonyl (C=O) groups is 1. The van der Waals surface area contributed by atoms with Crippen LogP contribution in [0.4, 0.5) is 0 Å². The molecule has 0 saturated carbocycles. The molecule has 0 heterocycles. The van der Waals surface area contributed by atoms with Crippen LogP contribution in [0.3, 0.4) is 0 Å². The summed E-state index contributed by atoms with van der Waals surface area (Å²) in [5.74, 6) is 0. The molecule has 0 aliphatic rings.